The number of anilines is 1. The van der Waals surface area contributed by atoms with Crippen LogP contribution < -0.4 is 4.90 Å². The molecule has 1 N–H and O–H groups in total. The Morgan fingerprint density at radius 3 is 2.31 bits per heavy atom. The van der Waals surface area contributed by atoms with Gasteiger partial charge in [0.2, 0.25) is 0 Å². The summed E-state index contributed by atoms with van der Waals surface area (Å²) in [6, 6.07) is 4.14. The van der Waals surface area contributed by atoms with Gasteiger partial charge in [-0.05, 0) is 17.5 Å². The molecule has 1 aliphatic rings. The normalized spacial score (nSPS) is 15.5. The van der Waals surface area contributed by atoms with E-state index in [0.717, 1.165) is 5.82 Å². The van der Waals surface area contributed by atoms with E-state index in [1.54, 1.807) is 0 Å². The second-order valence-corrected chi connectivity index (χ2v) is 4.16. The molecule has 1 fully saturated rings. The lowest BCUT2D eigenvalue weighted by Crippen LogP contribution is -2.51. The van der Waals surface area contributed by atoms with E-state index >= 15 is 0 Å². The molecule has 0 aliphatic carbocycles. The zero-order chi connectivity index (χ0) is 12.1. The third-order valence-electron chi connectivity index (χ3n) is 2.62. The zero-order valence-electron chi connectivity index (χ0n) is 10.6. The Bertz CT molecular complexity index is 302. The first-order valence-corrected chi connectivity index (χ1v) is 6.06. The number of β-amino-alcohol motifs (C(OH)–C–C–N with tert-alkyl or cyclic N) is 1. The van der Waals surface area contributed by atoms with Gasteiger partial charge in [-0.2, -0.15) is 0 Å². The largest absolute Gasteiger partial charge is 0.389 e. The van der Waals surface area contributed by atoms with Crippen LogP contribution >= 0.6 is 0 Å². The van der Waals surface area contributed by atoms with Crippen molar-refractivity contribution in [3.8, 4) is 0 Å². The fraction of sp³-hybridized carbons (Fsp3) is 0.615. The van der Waals surface area contributed by atoms with Gasteiger partial charge in [0.05, 0.1) is 6.10 Å². The van der Waals surface area contributed by atoms with Crippen molar-refractivity contribution in [3.05, 3.63) is 23.9 Å². The number of aromatic nitrogens is 1. The van der Waals surface area contributed by atoms with Gasteiger partial charge in [-0.15, -0.1) is 0 Å². The number of hydrogen-bond donors (Lipinski definition) is 1. The monoisotopic (exact) mass is 222 g/mol. The quantitative estimate of drug-likeness (QED) is 0.834. The molecule has 3 nitrogen and oxygen atoms in total. The fourth-order valence-electron chi connectivity index (χ4n) is 1.57. The van der Waals surface area contributed by atoms with Crippen molar-refractivity contribution in [2.24, 2.45) is 0 Å². The third kappa shape index (κ3) is 2.95. The molecule has 1 saturated heterocycles. The summed E-state index contributed by atoms with van der Waals surface area (Å²) in [5.41, 5.74) is 1.26. The molecule has 3 heteroatoms. The Morgan fingerprint density at radius 1 is 1.31 bits per heavy atom. The minimum absolute atomic E-state index is 0.165. The molecule has 90 valence electrons. The van der Waals surface area contributed by atoms with Crippen molar-refractivity contribution in [1.29, 1.82) is 0 Å². The van der Waals surface area contributed by atoms with Crippen molar-refractivity contribution in [2.45, 2.75) is 39.7 Å². The Kier molecular flexibility index (Phi) is 4.74. The van der Waals surface area contributed by atoms with Crippen LogP contribution in [0.5, 0.6) is 0 Å². The summed E-state index contributed by atoms with van der Waals surface area (Å²) in [5.74, 6) is 1.50. The van der Waals surface area contributed by atoms with Gasteiger partial charge in [0.25, 0.3) is 0 Å². The van der Waals surface area contributed by atoms with Crippen molar-refractivity contribution in [2.75, 3.05) is 18.0 Å². The molecule has 0 bridgehead atoms. The first kappa shape index (κ1) is 13.0. The second kappa shape index (κ2) is 5.85. The molecular formula is C13H22N2O. The molecule has 0 spiro atoms. The number of aliphatic hydroxyl groups is 1. The second-order valence-electron chi connectivity index (χ2n) is 4.16. The van der Waals surface area contributed by atoms with E-state index in [4.69, 9.17) is 5.11 Å². The van der Waals surface area contributed by atoms with Gasteiger partial charge in [0, 0.05) is 19.3 Å². The van der Waals surface area contributed by atoms with Crippen LogP contribution in [0, 0.1) is 0 Å². The van der Waals surface area contributed by atoms with Crippen LogP contribution in [0.25, 0.3) is 0 Å². The summed E-state index contributed by atoms with van der Waals surface area (Å²) < 4.78 is 0. The van der Waals surface area contributed by atoms with Gasteiger partial charge < -0.3 is 10.0 Å². The molecule has 0 unspecified atom stereocenters. The fourth-order valence-corrected chi connectivity index (χ4v) is 1.57. The summed E-state index contributed by atoms with van der Waals surface area (Å²) in [5, 5.41) is 9.15. The van der Waals surface area contributed by atoms with Crippen molar-refractivity contribution < 1.29 is 5.11 Å². The highest BCUT2D eigenvalue weighted by Crippen LogP contribution is 2.20. The maximum atomic E-state index is 9.15. The van der Waals surface area contributed by atoms with Crippen LogP contribution in [0.15, 0.2) is 18.3 Å². The Hall–Kier alpha value is -1.09. The molecule has 0 amide bonds. The van der Waals surface area contributed by atoms with Crippen LogP contribution in [0.1, 0.15) is 39.2 Å². The Balaban J connectivity index is 0.000000606. The predicted octanol–water partition coefficient (Wildman–Crippen LogP) is 2.41. The lowest BCUT2D eigenvalue weighted by Gasteiger charge is -2.36. The number of nitrogens with zero attached hydrogens (tertiary/aromatic N) is 2. The molecule has 16 heavy (non-hydrogen) atoms. The summed E-state index contributed by atoms with van der Waals surface area (Å²) >= 11 is 0. The first-order valence-electron chi connectivity index (χ1n) is 6.06. The molecule has 0 radical (unpaired) electrons. The number of pyridine rings is 1. The van der Waals surface area contributed by atoms with Gasteiger partial charge in [-0.3, -0.25) is 0 Å². The van der Waals surface area contributed by atoms with Gasteiger partial charge in [0.1, 0.15) is 5.82 Å². The average molecular weight is 222 g/mol. The highest BCUT2D eigenvalue weighted by molar-refractivity contribution is 5.42. The van der Waals surface area contributed by atoms with Crippen LogP contribution in [-0.4, -0.2) is 29.3 Å². The minimum atomic E-state index is -0.165. The van der Waals surface area contributed by atoms with E-state index < -0.39 is 0 Å². The lowest BCUT2D eigenvalue weighted by molar-refractivity contribution is 0.141. The minimum Gasteiger partial charge on any atom is -0.389 e. The van der Waals surface area contributed by atoms with E-state index in [9.17, 15) is 0 Å². The van der Waals surface area contributed by atoms with E-state index in [2.05, 4.69) is 29.8 Å². The molecule has 1 aromatic rings. The number of aliphatic hydroxyl groups excluding tert-OH is 1. The maximum Gasteiger partial charge on any atom is 0.128 e. The van der Waals surface area contributed by atoms with Crippen molar-refractivity contribution in [1.82, 2.24) is 4.98 Å². The molecular weight excluding hydrogens is 200 g/mol. The number of hydrogen-bond acceptors (Lipinski definition) is 3. The topological polar surface area (TPSA) is 36.4 Å². The molecule has 1 aliphatic heterocycles. The van der Waals surface area contributed by atoms with Gasteiger partial charge >= 0.3 is 0 Å². The van der Waals surface area contributed by atoms with E-state index in [0.29, 0.717) is 19.0 Å². The average Bonchev–Trinajstić information content (AvgIpc) is 2.28. The van der Waals surface area contributed by atoms with E-state index in [1.807, 2.05) is 26.1 Å². The van der Waals surface area contributed by atoms with E-state index in [-0.39, 0.29) is 6.10 Å². The SMILES string of the molecule is CC.CC(C)c1ccc(N2CC(O)C2)nc1. The molecule has 0 saturated carbocycles. The summed E-state index contributed by atoms with van der Waals surface area (Å²) in [6.45, 7) is 9.75. The highest BCUT2D eigenvalue weighted by atomic mass is 16.3. The van der Waals surface area contributed by atoms with Crippen LogP contribution in [0.2, 0.25) is 0 Å². The molecule has 2 rings (SSSR count). The summed E-state index contributed by atoms with van der Waals surface area (Å²) in [6.07, 6.45) is 1.76. The van der Waals surface area contributed by atoms with Crippen LogP contribution in [0.3, 0.4) is 0 Å². The smallest absolute Gasteiger partial charge is 0.128 e. The van der Waals surface area contributed by atoms with Gasteiger partial charge in [0.15, 0.2) is 0 Å². The van der Waals surface area contributed by atoms with Crippen molar-refractivity contribution >= 4 is 5.82 Å². The first-order chi connectivity index (χ1) is 7.66. The molecule has 1 aromatic heterocycles. The predicted molar refractivity (Wildman–Crippen MR) is 67.9 cm³/mol. The Labute approximate surface area is 98.1 Å². The zero-order valence-corrected chi connectivity index (χ0v) is 10.6. The van der Waals surface area contributed by atoms with Crippen LogP contribution in [-0.2, 0) is 0 Å². The lowest BCUT2D eigenvalue weighted by atomic mass is 10.1. The van der Waals surface area contributed by atoms with Crippen molar-refractivity contribution in [3.63, 3.8) is 0 Å². The van der Waals surface area contributed by atoms with Crippen LogP contribution in [0.4, 0.5) is 5.82 Å². The molecule has 2 heterocycles. The molecule has 0 aromatic carbocycles. The summed E-state index contributed by atoms with van der Waals surface area (Å²) in [4.78, 5) is 6.45. The Morgan fingerprint density at radius 2 is 1.94 bits per heavy atom. The number of rotatable bonds is 2. The standard InChI is InChI=1S/C11H16N2O.C2H6/c1-8(2)9-3-4-11(12-5-9)13-6-10(14)7-13;1-2/h3-5,8,10,14H,6-7H2,1-2H3;1-2H3. The van der Waals surface area contributed by atoms with Gasteiger partial charge in [-0.25, -0.2) is 4.98 Å². The maximum absolute atomic E-state index is 9.15. The summed E-state index contributed by atoms with van der Waals surface area (Å²) in [7, 11) is 0. The molecule has 0 atom stereocenters. The highest BCUT2D eigenvalue weighted by Gasteiger charge is 2.25. The van der Waals surface area contributed by atoms with Gasteiger partial charge in [-0.1, -0.05) is 33.8 Å². The third-order valence-corrected chi connectivity index (χ3v) is 2.62. The van der Waals surface area contributed by atoms with E-state index in [1.165, 1.54) is 5.56 Å².